The van der Waals surface area contributed by atoms with E-state index in [0.717, 1.165) is 12.1 Å². The van der Waals surface area contributed by atoms with E-state index in [-0.39, 0.29) is 10.6 Å². The molecule has 0 spiro atoms. The molecule has 2 aromatic carbocycles. The Hall–Kier alpha value is -1.33. The fourth-order valence-corrected chi connectivity index (χ4v) is 2.79. The monoisotopic (exact) mass is 360 g/mol. The number of fused-ring (bicyclic) bond motifs is 1. The van der Waals surface area contributed by atoms with Gasteiger partial charge in [0.2, 0.25) is 0 Å². The van der Waals surface area contributed by atoms with E-state index in [1.54, 1.807) is 18.2 Å². The Morgan fingerprint density at radius 2 is 1.80 bits per heavy atom. The molecule has 0 aliphatic carbocycles. The van der Waals surface area contributed by atoms with Gasteiger partial charge in [-0.3, -0.25) is 0 Å². The Kier molecular flexibility index (Phi) is 3.14. The van der Waals surface area contributed by atoms with E-state index in [9.17, 15) is 8.78 Å². The molecule has 1 heterocycles. The van der Waals surface area contributed by atoms with Crippen LogP contribution in [0.4, 0.5) is 8.78 Å². The van der Waals surface area contributed by atoms with Crippen molar-refractivity contribution in [1.82, 2.24) is 0 Å². The van der Waals surface area contributed by atoms with Crippen LogP contribution in [0.5, 0.6) is 11.5 Å². The fourth-order valence-electron chi connectivity index (χ4n) is 2.17. The van der Waals surface area contributed by atoms with Crippen LogP contribution in [0.3, 0.4) is 0 Å². The van der Waals surface area contributed by atoms with Crippen LogP contribution in [0.2, 0.25) is 5.02 Å². The molecule has 2 aromatic rings. The van der Waals surface area contributed by atoms with E-state index in [2.05, 4.69) is 15.9 Å². The molecule has 0 bridgehead atoms. The number of para-hydroxylation sites is 1. The second-order valence-electron chi connectivity index (χ2n) is 4.46. The van der Waals surface area contributed by atoms with E-state index in [1.807, 2.05) is 0 Å². The third kappa shape index (κ3) is 2.05. The summed E-state index contributed by atoms with van der Waals surface area (Å²) in [7, 11) is 0. The molecule has 20 heavy (non-hydrogen) atoms. The lowest BCUT2D eigenvalue weighted by Crippen LogP contribution is -2.34. The highest BCUT2D eigenvalue weighted by Gasteiger charge is 2.44. The lowest BCUT2D eigenvalue weighted by atomic mass is 10.1. The fraction of sp³-hybridized carbons (Fsp3) is 0.143. The predicted octanol–water partition coefficient (Wildman–Crippen LogP) is 5.02. The summed E-state index contributed by atoms with van der Waals surface area (Å²) in [6.45, 7) is 1.45. The lowest BCUT2D eigenvalue weighted by molar-refractivity contribution is -0.0737. The first kappa shape index (κ1) is 13.6. The molecule has 0 saturated heterocycles. The molecule has 0 amide bonds. The third-order valence-corrected chi connectivity index (χ3v) is 3.84. The van der Waals surface area contributed by atoms with Gasteiger partial charge in [-0.05, 0) is 40.2 Å². The van der Waals surface area contributed by atoms with Gasteiger partial charge in [-0.1, -0.05) is 17.7 Å². The summed E-state index contributed by atoms with van der Waals surface area (Å²) in [5, 5.41) is -0.0240. The van der Waals surface area contributed by atoms with Crippen LogP contribution >= 0.6 is 27.5 Å². The highest BCUT2D eigenvalue weighted by atomic mass is 79.9. The number of halogens is 4. The number of ether oxygens (including phenoxy) is 2. The molecule has 0 aromatic heterocycles. The summed E-state index contributed by atoms with van der Waals surface area (Å²) in [5.41, 5.74) is -0.315. The minimum absolute atomic E-state index is 0.0240. The zero-order valence-corrected chi connectivity index (χ0v) is 12.6. The van der Waals surface area contributed by atoms with E-state index in [4.69, 9.17) is 21.1 Å². The predicted molar refractivity (Wildman–Crippen MR) is 74.1 cm³/mol. The zero-order chi connectivity index (χ0) is 14.5. The summed E-state index contributed by atoms with van der Waals surface area (Å²) in [5.74, 6) is -2.40. The van der Waals surface area contributed by atoms with Crippen LogP contribution in [-0.2, 0) is 5.79 Å². The summed E-state index contributed by atoms with van der Waals surface area (Å²) < 4.78 is 39.9. The Morgan fingerprint density at radius 3 is 2.40 bits per heavy atom. The molecule has 0 radical (unpaired) electrons. The molecule has 1 unspecified atom stereocenters. The van der Waals surface area contributed by atoms with Gasteiger partial charge in [0.15, 0.2) is 11.5 Å². The lowest BCUT2D eigenvalue weighted by Gasteiger charge is -2.24. The van der Waals surface area contributed by atoms with E-state index >= 15 is 0 Å². The van der Waals surface area contributed by atoms with E-state index in [1.165, 1.54) is 6.92 Å². The molecule has 0 N–H and O–H groups in total. The van der Waals surface area contributed by atoms with Crippen LogP contribution in [0.1, 0.15) is 12.5 Å². The van der Waals surface area contributed by atoms with Gasteiger partial charge >= 0.3 is 0 Å². The van der Waals surface area contributed by atoms with Crippen LogP contribution in [0, 0.1) is 11.6 Å². The molecular weight excluding hydrogens is 354 g/mol. The van der Waals surface area contributed by atoms with Gasteiger partial charge in [0.05, 0.1) is 4.47 Å². The second kappa shape index (κ2) is 4.60. The van der Waals surface area contributed by atoms with Crippen molar-refractivity contribution in [1.29, 1.82) is 0 Å². The standard InChI is InChI=1S/C14H8BrClF2O2/c1-14(12-9(17)5-7(16)6-10(12)18)19-11-4-2-3-8(15)13(11)20-14/h2-6H,1H3. The van der Waals surface area contributed by atoms with Crippen molar-refractivity contribution in [3.63, 3.8) is 0 Å². The Bertz CT molecular complexity index is 685. The first-order chi connectivity index (χ1) is 9.40. The summed E-state index contributed by atoms with van der Waals surface area (Å²) in [6.07, 6.45) is 0. The number of rotatable bonds is 1. The molecule has 1 aliphatic heterocycles. The summed E-state index contributed by atoms with van der Waals surface area (Å²) in [4.78, 5) is 0. The maximum Gasteiger partial charge on any atom is 0.281 e. The van der Waals surface area contributed by atoms with Gasteiger partial charge in [0.25, 0.3) is 5.79 Å². The first-order valence-electron chi connectivity index (χ1n) is 5.72. The number of hydrogen-bond acceptors (Lipinski definition) is 2. The topological polar surface area (TPSA) is 18.5 Å². The van der Waals surface area contributed by atoms with E-state index in [0.29, 0.717) is 16.0 Å². The van der Waals surface area contributed by atoms with Crippen molar-refractivity contribution >= 4 is 27.5 Å². The van der Waals surface area contributed by atoms with Crippen LogP contribution in [-0.4, -0.2) is 0 Å². The Morgan fingerprint density at radius 1 is 1.15 bits per heavy atom. The first-order valence-corrected chi connectivity index (χ1v) is 6.89. The van der Waals surface area contributed by atoms with Crippen molar-refractivity contribution in [3.8, 4) is 11.5 Å². The van der Waals surface area contributed by atoms with Gasteiger partial charge in [0.1, 0.15) is 17.2 Å². The van der Waals surface area contributed by atoms with Crippen molar-refractivity contribution in [2.45, 2.75) is 12.7 Å². The molecule has 2 nitrogen and oxygen atoms in total. The van der Waals surface area contributed by atoms with Gasteiger partial charge in [-0.25, -0.2) is 8.78 Å². The summed E-state index contributed by atoms with van der Waals surface area (Å²) in [6, 6.07) is 7.21. The highest BCUT2D eigenvalue weighted by molar-refractivity contribution is 9.10. The minimum Gasteiger partial charge on any atom is -0.444 e. The van der Waals surface area contributed by atoms with E-state index < -0.39 is 17.4 Å². The molecule has 6 heteroatoms. The molecule has 104 valence electrons. The van der Waals surface area contributed by atoms with Gasteiger partial charge in [0, 0.05) is 11.9 Å². The zero-order valence-electron chi connectivity index (χ0n) is 10.2. The van der Waals surface area contributed by atoms with Gasteiger partial charge in [-0.15, -0.1) is 0 Å². The SMILES string of the molecule is CC1(c2c(F)cc(Cl)cc2F)Oc2cccc(Br)c2O1. The molecule has 1 atom stereocenters. The van der Waals surface area contributed by atoms with Crippen molar-refractivity contribution in [2.75, 3.05) is 0 Å². The summed E-state index contributed by atoms with van der Waals surface area (Å²) >= 11 is 8.93. The van der Waals surface area contributed by atoms with Crippen LogP contribution < -0.4 is 9.47 Å². The quantitative estimate of drug-likeness (QED) is 0.710. The maximum absolute atomic E-state index is 14.0. The average Bonchev–Trinajstić information content (AvgIpc) is 2.66. The Labute approximate surface area is 127 Å². The molecule has 0 saturated carbocycles. The average molecular weight is 362 g/mol. The molecule has 3 rings (SSSR count). The van der Waals surface area contributed by atoms with Crippen LogP contribution in [0.25, 0.3) is 0 Å². The maximum atomic E-state index is 14.0. The largest absolute Gasteiger partial charge is 0.444 e. The number of benzene rings is 2. The smallest absolute Gasteiger partial charge is 0.281 e. The highest BCUT2D eigenvalue weighted by Crippen LogP contribution is 2.48. The van der Waals surface area contributed by atoms with Crippen LogP contribution in [0.15, 0.2) is 34.8 Å². The number of hydrogen-bond donors (Lipinski definition) is 0. The molecule has 0 fully saturated rings. The van der Waals surface area contributed by atoms with Gasteiger partial charge < -0.3 is 9.47 Å². The van der Waals surface area contributed by atoms with Crippen molar-refractivity contribution in [2.24, 2.45) is 0 Å². The molecular formula is C14H8BrClF2O2. The molecule has 1 aliphatic rings. The third-order valence-electron chi connectivity index (χ3n) is 2.99. The van der Waals surface area contributed by atoms with Crippen molar-refractivity contribution in [3.05, 3.63) is 57.0 Å². The second-order valence-corrected chi connectivity index (χ2v) is 5.75. The minimum atomic E-state index is -1.58. The van der Waals surface area contributed by atoms with Gasteiger partial charge in [-0.2, -0.15) is 0 Å². The van der Waals surface area contributed by atoms with Crippen molar-refractivity contribution < 1.29 is 18.3 Å². The normalized spacial score (nSPS) is 20.2. The Balaban J connectivity index is 2.11.